The maximum Gasteiger partial charge on any atom is 0.337 e. The molecule has 0 spiro atoms. The Balaban J connectivity index is 1.10. The first-order valence-corrected chi connectivity index (χ1v) is 15.9. The van der Waals surface area contributed by atoms with Crippen LogP contribution in [0.4, 0.5) is 5.69 Å². The smallest absolute Gasteiger partial charge is 0.337 e. The summed E-state index contributed by atoms with van der Waals surface area (Å²) in [6.45, 7) is 0. The number of esters is 1. The number of hydrogen-bond acceptors (Lipinski definition) is 5. The van der Waals surface area contributed by atoms with Crippen molar-refractivity contribution in [2.75, 3.05) is 12.4 Å². The molecule has 1 aromatic heterocycles. The number of fused-ring (bicyclic) bond motifs is 3. The van der Waals surface area contributed by atoms with Gasteiger partial charge in [0, 0.05) is 22.5 Å². The van der Waals surface area contributed by atoms with Crippen molar-refractivity contribution >= 4 is 63.7 Å². The normalized spacial score (nSPS) is 23.4. The van der Waals surface area contributed by atoms with E-state index in [1.165, 1.54) is 38.4 Å². The summed E-state index contributed by atoms with van der Waals surface area (Å²) in [7, 11) is 1.36. The lowest BCUT2D eigenvalue weighted by molar-refractivity contribution is 0.0259. The number of nitrogens with one attached hydrogen (secondary N) is 1. The van der Waals surface area contributed by atoms with Gasteiger partial charge in [-0.15, -0.1) is 0 Å². The molecule has 2 bridgehead atoms. The number of methoxy groups -OCH3 is 1. The third-order valence-electron chi connectivity index (χ3n) is 9.62. The molecule has 41 heavy (non-hydrogen) atoms. The van der Waals surface area contributed by atoms with Crippen molar-refractivity contribution in [2.45, 2.75) is 76.5 Å². The molecule has 1 heterocycles. The summed E-state index contributed by atoms with van der Waals surface area (Å²) < 4.78 is 10.7. The molecule has 9 heteroatoms. The van der Waals surface area contributed by atoms with E-state index < -0.39 is 5.97 Å². The molecule has 4 fully saturated rings. The first kappa shape index (κ1) is 29.0. The quantitative estimate of drug-likeness (QED) is 0.187. The van der Waals surface area contributed by atoms with E-state index in [1.807, 2.05) is 18.2 Å². The van der Waals surface area contributed by atoms with Crippen LogP contribution in [-0.2, 0) is 11.2 Å². The number of benzene rings is 2. The number of thiocarbonyl (C=S) groups is 1. The lowest BCUT2D eigenvalue weighted by Crippen LogP contribution is -2.47. The van der Waals surface area contributed by atoms with E-state index in [4.69, 9.17) is 56.3 Å². The van der Waals surface area contributed by atoms with E-state index in [1.54, 1.807) is 18.2 Å². The third kappa shape index (κ3) is 5.65. The van der Waals surface area contributed by atoms with E-state index in [9.17, 15) is 4.79 Å². The number of anilines is 1. The molecule has 0 amide bonds. The second-order valence-electron chi connectivity index (χ2n) is 12.0. The monoisotopic (exact) mass is 630 g/mol. The Hall–Kier alpha value is -2.12. The summed E-state index contributed by atoms with van der Waals surface area (Å²) >= 11 is 25.6. The Morgan fingerprint density at radius 2 is 1.73 bits per heavy atom. The highest BCUT2D eigenvalue weighted by atomic mass is 35.5. The summed E-state index contributed by atoms with van der Waals surface area (Å²) in [5.74, 6) is 1.08. The summed E-state index contributed by atoms with van der Waals surface area (Å²) in [5, 5.41) is 9.56. The topological polar surface area (TPSA) is 64.4 Å². The van der Waals surface area contributed by atoms with Crippen LogP contribution in [0.3, 0.4) is 0 Å². The summed E-state index contributed by atoms with van der Waals surface area (Å²) in [4.78, 5) is 12.7. The number of nitrogens with zero attached hydrogens (tertiary/aromatic N) is 1. The minimum atomic E-state index is -0.410. The second kappa shape index (κ2) is 11.5. The van der Waals surface area contributed by atoms with Gasteiger partial charge in [-0.05, 0) is 106 Å². The third-order valence-corrected chi connectivity index (χ3v) is 11.1. The zero-order valence-corrected chi connectivity index (χ0v) is 26.1. The molecule has 4 aliphatic carbocycles. The number of rotatable bonds is 9. The van der Waals surface area contributed by atoms with Crippen LogP contribution < -0.4 is 5.32 Å². The molecular weight excluding hydrogens is 599 g/mol. The fourth-order valence-corrected chi connectivity index (χ4v) is 8.11. The second-order valence-corrected chi connectivity index (χ2v) is 13.6. The van der Waals surface area contributed by atoms with Gasteiger partial charge in [0.2, 0.25) is 0 Å². The van der Waals surface area contributed by atoms with Crippen molar-refractivity contribution < 1.29 is 14.1 Å². The Kier molecular flexibility index (Phi) is 8.14. The van der Waals surface area contributed by atoms with Crippen molar-refractivity contribution in [3.63, 3.8) is 0 Å². The average molecular weight is 632 g/mol. The summed E-state index contributed by atoms with van der Waals surface area (Å²) in [5.41, 5.74) is 4.28. The van der Waals surface area contributed by atoms with Crippen molar-refractivity contribution in [2.24, 2.45) is 10.8 Å². The molecule has 0 atom stereocenters. The van der Waals surface area contributed by atoms with E-state index in [0.717, 1.165) is 72.6 Å². The van der Waals surface area contributed by atoms with Crippen LogP contribution in [-0.4, -0.2) is 23.2 Å². The fourth-order valence-electron chi connectivity index (χ4n) is 6.89. The molecule has 0 aliphatic heterocycles. The highest BCUT2D eigenvalue weighted by Crippen LogP contribution is 2.59. The van der Waals surface area contributed by atoms with Crippen molar-refractivity contribution in [1.29, 1.82) is 0 Å². The largest absolute Gasteiger partial charge is 0.465 e. The SMILES string of the molecule is COC(=O)c1ccc(NC(=S)C23CCC(CCCc4c(-c5c(Cl)cccc5Cl)noc4C4CC4)(CC2)CC3)c(Cl)c1. The fraction of sp³-hybridized carbons (Fsp3) is 0.469. The Morgan fingerprint density at radius 3 is 2.34 bits per heavy atom. The van der Waals surface area contributed by atoms with Crippen LogP contribution in [0.1, 0.15) is 91.8 Å². The Bertz CT molecular complexity index is 1450. The van der Waals surface area contributed by atoms with Crippen LogP contribution >= 0.6 is 47.0 Å². The zero-order chi connectivity index (χ0) is 28.8. The maximum atomic E-state index is 11.8. The molecule has 0 unspecified atom stereocenters. The predicted octanol–water partition coefficient (Wildman–Crippen LogP) is 10.1. The van der Waals surface area contributed by atoms with Gasteiger partial charge in [0.15, 0.2) is 0 Å². The van der Waals surface area contributed by atoms with Gasteiger partial charge in [-0.2, -0.15) is 0 Å². The standard InChI is InChI=1S/C32H33Cl3N2O3S/c1-39-29(38)20-9-10-25(24(35)18-20)36-30(41)32-15-12-31(13-16-32,14-17-32)11-3-4-21-27(37-40-28(21)19-7-8-19)26-22(33)5-2-6-23(26)34/h2,5-6,9-10,18-19H,3-4,7-8,11-17H2,1H3,(H,36,41). The molecule has 0 saturated heterocycles. The minimum Gasteiger partial charge on any atom is -0.465 e. The van der Waals surface area contributed by atoms with Crippen LogP contribution in [0.2, 0.25) is 15.1 Å². The van der Waals surface area contributed by atoms with Gasteiger partial charge in [0.05, 0.1) is 38.4 Å². The van der Waals surface area contributed by atoms with Gasteiger partial charge in [-0.25, -0.2) is 4.79 Å². The number of carbonyl (C=O) groups excluding carboxylic acids is 1. The molecule has 3 aromatic rings. The lowest BCUT2D eigenvalue weighted by atomic mass is 9.52. The minimum absolute atomic E-state index is 0.00301. The molecule has 4 aliphatic rings. The Labute approximate surface area is 261 Å². The summed E-state index contributed by atoms with van der Waals surface area (Å²) in [6, 6.07) is 10.7. The lowest BCUT2D eigenvalue weighted by Gasteiger charge is -2.54. The number of carbonyl (C=O) groups is 1. The van der Waals surface area contributed by atoms with Gasteiger partial charge < -0.3 is 14.6 Å². The van der Waals surface area contributed by atoms with E-state index >= 15 is 0 Å². The van der Waals surface area contributed by atoms with Gasteiger partial charge >= 0.3 is 5.97 Å². The molecule has 4 saturated carbocycles. The molecule has 216 valence electrons. The van der Waals surface area contributed by atoms with Gasteiger partial charge in [-0.1, -0.05) is 58.2 Å². The van der Waals surface area contributed by atoms with Crippen molar-refractivity contribution in [3.05, 3.63) is 68.4 Å². The predicted molar refractivity (Wildman–Crippen MR) is 168 cm³/mol. The maximum absolute atomic E-state index is 11.8. The van der Waals surface area contributed by atoms with E-state index in [2.05, 4.69) is 10.5 Å². The van der Waals surface area contributed by atoms with Crippen molar-refractivity contribution in [1.82, 2.24) is 5.16 Å². The van der Waals surface area contributed by atoms with E-state index in [0.29, 0.717) is 32.0 Å². The van der Waals surface area contributed by atoms with Crippen LogP contribution in [0, 0.1) is 10.8 Å². The molecule has 5 nitrogen and oxygen atoms in total. The first-order valence-electron chi connectivity index (χ1n) is 14.4. The van der Waals surface area contributed by atoms with Crippen LogP contribution in [0.15, 0.2) is 40.9 Å². The first-order chi connectivity index (χ1) is 19.7. The number of halogens is 3. The zero-order valence-electron chi connectivity index (χ0n) is 23.0. The van der Waals surface area contributed by atoms with Gasteiger partial charge in [0.1, 0.15) is 11.5 Å². The molecule has 0 radical (unpaired) electrons. The van der Waals surface area contributed by atoms with Crippen LogP contribution in [0.5, 0.6) is 0 Å². The van der Waals surface area contributed by atoms with Gasteiger partial charge in [0.25, 0.3) is 0 Å². The van der Waals surface area contributed by atoms with Crippen LogP contribution in [0.25, 0.3) is 11.3 Å². The highest BCUT2D eigenvalue weighted by Gasteiger charge is 2.50. The molecule has 1 N–H and O–H groups in total. The Morgan fingerprint density at radius 1 is 1.05 bits per heavy atom. The summed E-state index contributed by atoms with van der Waals surface area (Å²) in [6.07, 6.45) is 12.2. The highest BCUT2D eigenvalue weighted by molar-refractivity contribution is 7.80. The molecule has 2 aromatic carbocycles. The number of ether oxygens (including phenoxy) is 1. The molecular formula is C32H33Cl3N2O3S. The average Bonchev–Trinajstić information content (AvgIpc) is 3.75. The number of hydrogen-bond donors (Lipinski definition) is 1. The van der Waals surface area contributed by atoms with Gasteiger partial charge in [-0.3, -0.25) is 0 Å². The number of aromatic nitrogens is 1. The van der Waals surface area contributed by atoms with E-state index in [-0.39, 0.29) is 5.41 Å². The molecule has 7 rings (SSSR count). The van der Waals surface area contributed by atoms with Crippen molar-refractivity contribution in [3.8, 4) is 11.3 Å².